The average Bonchev–Trinajstić information content (AvgIpc) is 2.22. The lowest BCUT2D eigenvalue weighted by molar-refractivity contribution is 0.499. The number of piperidine rings is 1. The molecular formula is C12H17BrN2. The van der Waals surface area contributed by atoms with Crippen molar-refractivity contribution < 1.29 is 0 Å². The molecule has 1 aliphatic heterocycles. The van der Waals surface area contributed by atoms with Crippen LogP contribution in [0.1, 0.15) is 25.5 Å². The van der Waals surface area contributed by atoms with E-state index in [9.17, 15) is 0 Å². The number of alkyl halides is 1. The molecule has 0 amide bonds. The first-order chi connectivity index (χ1) is 7.18. The van der Waals surface area contributed by atoms with Gasteiger partial charge in [0.25, 0.3) is 0 Å². The molecule has 3 heteroatoms. The van der Waals surface area contributed by atoms with Gasteiger partial charge in [0.1, 0.15) is 5.82 Å². The van der Waals surface area contributed by atoms with E-state index in [-0.39, 0.29) is 0 Å². The van der Waals surface area contributed by atoms with Gasteiger partial charge in [0, 0.05) is 23.1 Å². The molecule has 0 aromatic carbocycles. The summed E-state index contributed by atoms with van der Waals surface area (Å²) < 4.78 is 0. The Morgan fingerprint density at radius 1 is 1.47 bits per heavy atom. The Morgan fingerprint density at radius 2 is 2.27 bits per heavy atom. The zero-order valence-corrected chi connectivity index (χ0v) is 10.9. The Labute approximate surface area is 99.8 Å². The number of nitrogens with zero attached hydrogens (tertiary/aromatic N) is 2. The SMILES string of the molecule is Cc1cccc(N2CCCC(Br)C2C)n1. The maximum absolute atomic E-state index is 4.59. The van der Waals surface area contributed by atoms with Crippen molar-refractivity contribution in [3.05, 3.63) is 23.9 Å². The number of halogens is 1. The number of aryl methyl sites for hydroxylation is 1. The van der Waals surface area contributed by atoms with Gasteiger partial charge in [0.2, 0.25) is 0 Å². The minimum Gasteiger partial charge on any atom is -0.353 e. The lowest BCUT2D eigenvalue weighted by Crippen LogP contribution is -2.44. The van der Waals surface area contributed by atoms with Crippen LogP contribution in [-0.2, 0) is 0 Å². The third kappa shape index (κ3) is 2.33. The average molecular weight is 269 g/mol. The fourth-order valence-corrected chi connectivity index (χ4v) is 2.72. The highest BCUT2D eigenvalue weighted by molar-refractivity contribution is 9.09. The fraction of sp³-hybridized carbons (Fsp3) is 0.583. The normalized spacial score (nSPS) is 26.7. The first kappa shape index (κ1) is 10.9. The van der Waals surface area contributed by atoms with Gasteiger partial charge in [-0.2, -0.15) is 0 Å². The van der Waals surface area contributed by atoms with E-state index in [0.29, 0.717) is 10.9 Å². The van der Waals surface area contributed by atoms with E-state index in [1.807, 2.05) is 13.0 Å². The Bertz CT molecular complexity index is 340. The zero-order valence-electron chi connectivity index (χ0n) is 9.28. The van der Waals surface area contributed by atoms with Crippen molar-refractivity contribution in [1.29, 1.82) is 0 Å². The van der Waals surface area contributed by atoms with Gasteiger partial charge in [0.15, 0.2) is 0 Å². The summed E-state index contributed by atoms with van der Waals surface area (Å²) >= 11 is 3.74. The van der Waals surface area contributed by atoms with Crippen molar-refractivity contribution in [2.24, 2.45) is 0 Å². The molecule has 0 spiro atoms. The Hall–Kier alpha value is -0.570. The second kappa shape index (κ2) is 4.52. The summed E-state index contributed by atoms with van der Waals surface area (Å²) in [6, 6.07) is 6.77. The van der Waals surface area contributed by atoms with Gasteiger partial charge in [-0.25, -0.2) is 4.98 Å². The highest BCUT2D eigenvalue weighted by Crippen LogP contribution is 2.27. The quantitative estimate of drug-likeness (QED) is 0.728. The van der Waals surface area contributed by atoms with Gasteiger partial charge in [-0.05, 0) is 38.8 Å². The molecule has 1 aliphatic rings. The molecule has 0 saturated carbocycles. The van der Waals surface area contributed by atoms with Crippen molar-refractivity contribution in [2.75, 3.05) is 11.4 Å². The molecule has 0 aliphatic carbocycles. The van der Waals surface area contributed by atoms with Gasteiger partial charge < -0.3 is 4.90 Å². The van der Waals surface area contributed by atoms with Crippen molar-refractivity contribution in [2.45, 2.75) is 37.6 Å². The third-order valence-corrected chi connectivity index (χ3v) is 4.28. The van der Waals surface area contributed by atoms with E-state index in [4.69, 9.17) is 0 Å². The number of anilines is 1. The molecule has 0 bridgehead atoms. The Kier molecular flexibility index (Phi) is 3.29. The zero-order chi connectivity index (χ0) is 10.8. The van der Waals surface area contributed by atoms with Gasteiger partial charge in [0.05, 0.1) is 0 Å². The van der Waals surface area contributed by atoms with Crippen molar-refractivity contribution in [3.63, 3.8) is 0 Å². The summed E-state index contributed by atoms with van der Waals surface area (Å²) in [6.45, 7) is 5.44. The van der Waals surface area contributed by atoms with Crippen LogP contribution in [0.2, 0.25) is 0 Å². The van der Waals surface area contributed by atoms with Crippen molar-refractivity contribution in [3.8, 4) is 0 Å². The van der Waals surface area contributed by atoms with E-state index in [0.717, 1.165) is 18.1 Å². The monoisotopic (exact) mass is 268 g/mol. The highest BCUT2D eigenvalue weighted by Gasteiger charge is 2.26. The lowest BCUT2D eigenvalue weighted by Gasteiger charge is -2.37. The van der Waals surface area contributed by atoms with E-state index in [1.165, 1.54) is 12.8 Å². The molecule has 0 radical (unpaired) electrons. The third-order valence-electron chi connectivity index (χ3n) is 3.06. The molecular weight excluding hydrogens is 252 g/mol. The molecule has 1 aromatic heterocycles. The molecule has 1 aromatic rings. The Morgan fingerprint density at radius 3 is 3.00 bits per heavy atom. The smallest absolute Gasteiger partial charge is 0.129 e. The van der Waals surface area contributed by atoms with Crippen LogP contribution in [0.15, 0.2) is 18.2 Å². The molecule has 0 N–H and O–H groups in total. The lowest BCUT2D eigenvalue weighted by atomic mass is 10.0. The maximum Gasteiger partial charge on any atom is 0.129 e. The van der Waals surface area contributed by atoms with Crippen LogP contribution in [0.3, 0.4) is 0 Å². The van der Waals surface area contributed by atoms with Gasteiger partial charge >= 0.3 is 0 Å². The van der Waals surface area contributed by atoms with E-state index < -0.39 is 0 Å². The number of pyridine rings is 1. The van der Waals surface area contributed by atoms with Crippen LogP contribution in [0, 0.1) is 6.92 Å². The summed E-state index contributed by atoms with van der Waals surface area (Å²) in [5.74, 6) is 1.12. The number of rotatable bonds is 1. The first-order valence-corrected chi connectivity index (χ1v) is 6.44. The molecule has 2 atom stereocenters. The van der Waals surface area contributed by atoms with Crippen LogP contribution in [0.25, 0.3) is 0 Å². The summed E-state index contributed by atoms with van der Waals surface area (Å²) in [4.78, 5) is 7.58. The van der Waals surface area contributed by atoms with Gasteiger partial charge in [-0.1, -0.05) is 22.0 Å². The van der Waals surface area contributed by atoms with E-state index in [2.05, 4.69) is 44.9 Å². The highest BCUT2D eigenvalue weighted by atomic mass is 79.9. The fourth-order valence-electron chi connectivity index (χ4n) is 2.11. The summed E-state index contributed by atoms with van der Waals surface area (Å²) in [7, 11) is 0. The standard InChI is InChI=1S/C12H17BrN2/c1-9-5-3-7-12(14-9)15-8-4-6-11(13)10(15)2/h3,5,7,10-11H,4,6,8H2,1-2H3. The minimum absolute atomic E-state index is 0.535. The molecule has 2 nitrogen and oxygen atoms in total. The molecule has 2 heterocycles. The van der Waals surface area contributed by atoms with Crippen LogP contribution in [-0.4, -0.2) is 22.4 Å². The Balaban J connectivity index is 2.22. The van der Waals surface area contributed by atoms with Gasteiger partial charge in [-0.15, -0.1) is 0 Å². The molecule has 82 valence electrons. The van der Waals surface area contributed by atoms with E-state index in [1.54, 1.807) is 0 Å². The molecule has 2 rings (SSSR count). The summed E-state index contributed by atoms with van der Waals surface area (Å²) in [5.41, 5.74) is 1.09. The molecule has 15 heavy (non-hydrogen) atoms. The van der Waals surface area contributed by atoms with E-state index >= 15 is 0 Å². The summed E-state index contributed by atoms with van der Waals surface area (Å²) in [6.07, 6.45) is 2.51. The predicted molar refractivity (Wildman–Crippen MR) is 67.7 cm³/mol. The second-order valence-corrected chi connectivity index (χ2v) is 5.41. The van der Waals surface area contributed by atoms with Crippen LogP contribution >= 0.6 is 15.9 Å². The topological polar surface area (TPSA) is 16.1 Å². The number of aromatic nitrogens is 1. The molecule has 1 fully saturated rings. The minimum atomic E-state index is 0.535. The number of hydrogen-bond donors (Lipinski definition) is 0. The maximum atomic E-state index is 4.59. The van der Waals surface area contributed by atoms with Gasteiger partial charge in [-0.3, -0.25) is 0 Å². The molecule has 2 unspecified atom stereocenters. The van der Waals surface area contributed by atoms with Crippen LogP contribution in [0.4, 0.5) is 5.82 Å². The predicted octanol–water partition coefficient (Wildman–Crippen LogP) is 3.14. The second-order valence-electron chi connectivity index (χ2n) is 4.23. The summed E-state index contributed by atoms with van der Waals surface area (Å²) in [5, 5.41) is 0. The first-order valence-electron chi connectivity index (χ1n) is 5.53. The number of hydrogen-bond acceptors (Lipinski definition) is 2. The van der Waals surface area contributed by atoms with Crippen LogP contribution < -0.4 is 4.90 Å². The van der Waals surface area contributed by atoms with Crippen molar-refractivity contribution in [1.82, 2.24) is 4.98 Å². The van der Waals surface area contributed by atoms with Crippen molar-refractivity contribution >= 4 is 21.7 Å². The van der Waals surface area contributed by atoms with Crippen LogP contribution in [0.5, 0.6) is 0 Å². The molecule has 1 saturated heterocycles. The largest absolute Gasteiger partial charge is 0.353 e.